The normalized spacial score (nSPS) is 22.6. The Balaban J connectivity index is 1.62. The lowest BCUT2D eigenvalue weighted by atomic mass is 9.85. The number of hydrogen-bond donors (Lipinski definition) is 0. The summed E-state index contributed by atoms with van der Waals surface area (Å²) in [5.41, 5.74) is 0.752. The van der Waals surface area contributed by atoms with E-state index in [0.29, 0.717) is 0 Å². The van der Waals surface area contributed by atoms with Gasteiger partial charge in [0.2, 0.25) is 0 Å². The quantitative estimate of drug-likeness (QED) is 0.500. The van der Waals surface area contributed by atoms with Gasteiger partial charge in [0.25, 0.3) is 0 Å². The van der Waals surface area contributed by atoms with Gasteiger partial charge in [0.05, 0.1) is 6.61 Å². The lowest BCUT2D eigenvalue weighted by molar-refractivity contribution is 0.197. The Hall–Kier alpha value is -0.123. The van der Waals surface area contributed by atoms with Crippen LogP contribution in [0, 0.1) is 5.92 Å². The predicted molar refractivity (Wildman–Crippen MR) is 67.4 cm³/mol. The first-order chi connectivity index (χ1) is 7.90. The van der Waals surface area contributed by atoms with Gasteiger partial charge in [-0.1, -0.05) is 25.0 Å². The minimum absolute atomic E-state index is 0.752. The molecule has 1 radical (unpaired) electrons. The Morgan fingerprint density at radius 1 is 1.12 bits per heavy atom. The molecular weight excluding hydrogens is 216 g/mol. The Morgan fingerprint density at radius 2 is 1.88 bits per heavy atom. The summed E-state index contributed by atoms with van der Waals surface area (Å²) in [4.78, 5) is 0. The van der Waals surface area contributed by atoms with E-state index in [9.17, 15) is 0 Å². The van der Waals surface area contributed by atoms with Gasteiger partial charge in [0, 0.05) is 12.1 Å². The van der Waals surface area contributed by atoms with E-state index in [1.165, 1.54) is 38.5 Å². The molecule has 0 aromatic rings. The third-order valence-corrected chi connectivity index (χ3v) is 5.87. The molecule has 2 aliphatic carbocycles. The van der Waals surface area contributed by atoms with Crippen LogP contribution in [-0.2, 0) is 8.85 Å². The zero-order chi connectivity index (χ0) is 11.2. The molecule has 2 aliphatic rings. The van der Waals surface area contributed by atoms with Crippen molar-refractivity contribution in [3.8, 4) is 0 Å². The summed E-state index contributed by atoms with van der Waals surface area (Å²) in [6.45, 7) is 3.63. The van der Waals surface area contributed by atoms with Crippen LogP contribution in [0.1, 0.15) is 45.4 Å². The van der Waals surface area contributed by atoms with Gasteiger partial charge in [0.15, 0.2) is 0 Å². The highest BCUT2D eigenvalue weighted by Gasteiger charge is 2.32. The molecule has 91 valence electrons. The second-order valence-corrected chi connectivity index (χ2v) is 6.84. The summed E-state index contributed by atoms with van der Waals surface area (Å²) in [5.74, 6) is 0.843. The van der Waals surface area contributed by atoms with E-state index < -0.39 is 9.28 Å². The average molecular weight is 239 g/mol. The summed E-state index contributed by atoms with van der Waals surface area (Å²) < 4.78 is 11.6. The summed E-state index contributed by atoms with van der Waals surface area (Å²) in [7, 11) is -0.975. The average Bonchev–Trinajstić information content (AvgIpc) is 2.12. The van der Waals surface area contributed by atoms with Crippen LogP contribution in [0.15, 0.2) is 12.2 Å². The van der Waals surface area contributed by atoms with Crippen molar-refractivity contribution in [1.82, 2.24) is 0 Å². The maximum absolute atomic E-state index is 5.90. The smallest absolute Gasteiger partial charge is 0.388 e. The fourth-order valence-corrected chi connectivity index (χ4v) is 4.05. The largest absolute Gasteiger partial charge is 0.393 e. The van der Waals surface area contributed by atoms with Gasteiger partial charge in [-0.15, -0.1) is 0 Å². The molecule has 2 fully saturated rings. The second kappa shape index (κ2) is 6.57. The molecule has 0 amide bonds. The van der Waals surface area contributed by atoms with Crippen LogP contribution in [0.3, 0.4) is 0 Å². The van der Waals surface area contributed by atoms with Crippen LogP contribution in [-0.4, -0.2) is 22.5 Å². The second-order valence-electron chi connectivity index (χ2n) is 4.81. The standard InChI is InChI=1S/C13H23O2Si/c1-2-14-16(13-9-4-10-13)15-11-5-8-12-6-3-7-12/h5,8,12-13H,2-4,6-7,9-11H2,1H3. The SMILES string of the molecule is CCO[Si](OCC=CC1CCC1)C1CCC1. The maximum atomic E-state index is 5.90. The molecule has 0 heterocycles. The third kappa shape index (κ3) is 3.44. The summed E-state index contributed by atoms with van der Waals surface area (Å²) >= 11 is 0. The van der Waals surface area contributed by atoms with Gasteiger partial charge < -0.3 is 8.85 Å². The van der Waals surface area contributed by atoms with Gasteiger partial charge in [-0.2, -0.15) is 0 Å². The van der Waals surface area contributed by atoms with Crippen molar-refractivity contribution < 1.29 is 8.85 Å². The maximum Gasteiger partial charge on any atom is 0.388 e. The molecule has 2 saturated carbocycles. The van der Waals surface area contributed by atoms with Gasteiger partial charge in [0.1, 0.15) is 0 Å². The molecule has 2 nitrogen and oxygen atoms in total. The zero-order valence-corrected chi connectivity index (χ0v) is 11.3. The fraction of sp³-hybridized carbons (Fsp3) is 0.846. The monoisotopic (exact) mass is 239 g/mol. The van der Waals surface area contributed by atoms with Crippen molar-refractivity contribution in [2.45, 2.75) is 51.0 Å². The third-order valence-electron chi connectivity index (χ3n) is 3.60. The van der Waals surface area contributed by atoms with E-state index in [4.69, 9.17) is 8.85 Å². The molecule has 3 heteroatoms. The highest BCUT2D eigenvalue weighted by Crippen LogP contribution is 2.35. The lowest BCUT2D eigenvalue weighted by Crippen LogP contribution is -2.33. The zero-order valence-electron chi connectivity index (χ0n) is 10.3. The molecule has 0 unspecified atom stereocenters. The highest BCUT2D eigenvalue weighted by atomic mass is 28.3. The first kappa shape index (κ1) is 12.3. The Labute approximate surface area is 101 Å². The molecule has 0 atom stereocenters. The fourth-order valence-electron chi connectivity index (χ4n) is 2.07. The minimum Gasteiger partial charge on any atom is -0.393 e. The van der Waals surface area contributed by atoms with Crippen molar-refractivity contribution in [2.75, 3.05) is 13.2 Å². The molecular formula is C13H23O2Si. The Morgan fingerprint density at radius 3 is 2.38 bits per heavy atom. The van der Waals surface area contributed by atoms with E-state index >= 15 is 0 Å². The molecule has 0 bridgehead atoms. The summed E-state index contributed by atoms with van der Waals surface area (Å²) in [5, 5.41) is 0. The number of allylic oxidation sites excluding steroid dienone is 1. The van der Waals surface area contributed by atoms with Crippen LogP contribution >= 0.6 is 0 Å². The van der Waals surface area contributed by atoms with Crippen molar-refractivity contribution in [2.24, 2.45) is 5.92 Å². The van der Waals surface area contributed by atoms with E-state index in [1.807, 2.05) is 0 Å². The predicted octanol–water partition coefficient (Wildman–Crippen LogP) is 3.44. The van der Waals surface area contributed by atoms with E-state index in [-0.39, 0.29) is 0 Å². The van der Waals surface area contributed by atoms with Crippen molar-refractivity contribution >= 4 is 9.28 Å². The van der Waals surface area contributed by atoms with Crippen molar-refractivity contribution in [1.29, 1.82) is 0 Å². The van der Waals surface area contributed by atoms with Crippen LogP contribution in [0.2, 0.25) is 5.54 Å². The van der Waals surface area contributed by atoms with E-state index in [0.717, 1.165) is 24.7 Å². The molecule has 0 aromatic heterocycles. The van der Waals surface area contributed by atoms with E-state index in [1.54, 1.807) is 0 Å². The van der Waals surface area contributed by atoms with Crippen LogP contribution < -0.4 is 0 Å². The Kier molecular flexibility index (Phi) is 5.07. The summed E-state index contributed by atoms with van der Waals surface area (Å²) in [6.07, 6.45) is 12.7. The number of hydrogen-bond acceptors (Lipinski definition) is 2. The van der Waals surface area contributed by atoms with Crippen molar-refractivity contribution in [3.63, 3.8) is 0 Å². The minimum atomic E-state index is -0.975. The van der Waals surface area contributed by atoms with Crippen LogP contribution in [0.25, 0.3) is 0 Å². The van der Waals surface area contributed by atoms with Gasteiger partial charge in [-0.25, -0.2) is 0 Å². The van der Waals surface area contributed by atoms with Crippen LogP contribution in [0.5, 0.6) is 0 Å². The molecule has 0 aromatic carbocycles. The highest BCUT2D eigenvalue weighted by molar-refractivity contribution is 6.46. The van der Waals surface area contributed by atoms with Gasteiger partial charge in [-0.3, -0.25) is 0 Å². The van der Waals surface area contributed by atoms with E-state index in [2.05, 4.69) is 19.1 Å². The van der Waals surface area contributed by atoms with Crippen molar-refractivity contribution in [3.05, 3.63) is 12.2 Å². The molecule has 0 N–H and O–H groups in total. The number of rotatable bonds is 7. The molecule has 16 heavy (non-hydrogen) atoms. The molecule has 0 aliphatic heterocycles. The first-order valence-electron chi connectivity index (χ1n) is 6.69. The lowest BCUT2D eigenvalue weighted by Gasteiger charge is -2.30. The Bertz CT molecular complexity index is 222. The first-order valence-corrected chi connectivity index (χ1v) is 8.08. The topological polar surface area (TPSA) is 18.5 Å². The van der Waals surface area contributed by atoms with Crippen LogP contribution in [0.4, 0.5) is 0 Å². The summed E-state index contributed by atoms with van der Waals surface area (Å²) in [6, 6.07) is 0. The molecule has 0 spiro atoms. The molecule has 0 saturated heterocycles. The molecule has 2 rings (SSSR count). The van der Waals surface area contributed by atoms with Gasteiger partial charge >= 0.3 is 9.28 Å². The van der Waals surface area contributed by atoms with Gasteiger partial charge in [-0.05, 0) is 38.5 Å².